The fraction of sp³-hybridized carbons (Fsp3) is 0.651. The molecule has 316 valence electrons. The van der Waals surface area contributed by atoms with Crippen molar-refractivity contribution in [1.29, 1.82) is 0 Å². The van der Waals surface area contributed by atoms with E-state index < -0.39 is 24.3 Å². The van der Waals surface area contributed by atoms with E-state index in [0.717, 1.165) is 58.0 Å². The number of unbranched alkanes of at least 4 members (excludes halogenated alkanes) is 12. The van der Waals surface area contributed by atoms with Crippen LogP contribution in [0.15, 0.2) is 48.5 Å². The molecular weight excluding hydrogens is 755 g/mol. The van der Waals surface area contributed by atoms with Crippen LogP contribution in [0.1, 0.15) is 146 Å². The minimum Gasteiger partial charge on any atom is -0.508 e. The fourth-order valence-electron chi connectivity index (χ4n) is 6.99. The van der Waals surface area contributed by atoms with Gasteiger partial charge in [-0.3, -0.25) is 14.4 Å². The zero-order valence-electron chi connectivity index (χ0n) is 33.4. The van der Waals surface area contributed by atoms with Gasteiger partial charge in [-0.15, -0.1) is 23.2 Å². The Kier molecular flexibility index (Phi) is 25.6. The van der Waals surface area contributed by atoms with Crippen LogP contribution in [0.25, 0.3) is 0 Å². The first kappa shape index (κ1) is 49.1. The number of nitrogens with zero attached hydrogens (tertiary/aromatic N) is 2. The van der Waals surface area contributed by atoms with Crippen molar-refractivity contribution < 1.29 is 34.8 Å². The van der Waals surface area contributed by atoms with Crippen molar-refractivity contribution in [3.63, 3.8) is 0 Å². The molecule has 2 aromatic carbocycles. The van der Waals surface area contributed by atoms with Gasteiger partial charge in [-0.05, 0) is 67.5 Å². The lowest BCUT2D eigenvalue weighted by Gasteiger charge is -2.28. The van der Waals surface area contributed by atoms with Crippen LogP contribution >= 0.6 is 23.2 Å². The maximum absolute atomic E-state index is 13.1. The summed E-state index contributed by atoms with van der Waals surface area (Å²) in [5.74, 6) is -0.432. The van der Waals surface area contributed by atoms with Crippen LogP contribution in [0.2, 0.25) is 0 Å². The fourth-order valence-corrected chi connectivity index (χ4v) is 6.99. The van der Waals surface area contributed by atoms with Crippen LogP contribution in [0.4, 0.5) is 0 Å². The maximum atomic E-state index is 13.1. The van der Waals surface area contributed by atoms with Crippen LogP contribution < -0.4 is 11.1 Å². The van der Waals surface area contributed by atoms with Crippen LogP contribution in [0.3, 0.4) is 0 Å². The second kappa shape index (κ2) is 29.2. The number of halogens is 2. The molecule has 13 heteroatoms. The Morgan fingerprint density at radius 3 is 1.39 bits per heavy atom. The molecule has 0 spiro atoms. The Hall–Kier alpha value is -3.09. The number of hydrogen-bond acceptors (Lipinski definition) is 8. The summed E-state index contributed by atoms with van der Waals surface area (Å²) in [6, 6.07) is 10.2. The van der Waals surface area contributed by atoms with Gasteiger partial charge in [0.25, 0.3) is 0 Å². The molecular formula is C43H68Cl2N4O7. The van der Waals surface area contributed by atoms with Crippen molar-refractivity contribution in [1.82, 2.24) is 15.1 Å². The first-order valence-corrected chi connectivity index (χ1v) is 21.8. The summed E-state index contributed by atoms with van der Waals surface area (Å²) in [6.45, 7) is 5.01. The van der Waals surface area contributed by atoms with Gasteiger partial charge in [0.15, 0.2) is 0 Å². The molecule has 2 aromatic rings. The monoisotopic (exact) mass is 822 g/mol. The lowest BCUT2D eigenvalue weighted by Crippen LogP contribution is -2.50. The number of carbonyl (C=O) groups is 3. The zero-order chi connectivity index (χ0) is 41.1. The number of hydrogen-bond donors (Lipinski definition) is 6. The van der Waals surface area contributed by atoms with Crippen LogP contribution in [0.5, 0.6) is 11.5 Å². The molecule has 2 fully saturated rings. The molecule has 0 unspecified atom stereocenters. The summed E-state index contributed by atoms with van der Waals surface area (Å²) >= 11 is 9.53. The molecule has 4 rings (SSSR count). The van der Waals surface area contributed by atoms with Crippen LogP contribution in [-0.2, 0) is 14.4 Å². The number of aliphatic hydroxyl groups is 2. The van der Waals surface area contributed by atoms with Crippen molar-refractivity contribution in [2.24, 2.45) is 5.73 Å². The van der Waals surface area contributed by atoms with Crippen LogP contribution in [0, 0.1) is 0 Å². The van der Waals surface area contributed by atoms with E-state index in [-0.39, 0.29) is 34.6 Å². The number of amides is 3. The van der Waals surface area contributed by atoms with Gasteiger partial charge in [0, 0.05) is 32.6 Å². The highest BCUT2D eigenvalue weighted by Crippen LogP contribution is 2.24. The highest BCUT2D eigenvalue weighted by molar-refractivity contribution is 6.40. The number of aromatic hydroxyl groups is 2. The highest BCUT2D eigenvalue weighted by atomic mass is 35.5. The number of likely N-dealkylation sites (tertiary alicyclic amines) is 2. The Morgan fingerprint density at radius 2 is 0.982 bits per heavy atom. The van der Waals surface area contributed by atoms with Crippen molar-refractivity contribution in [2.45, 2.75) is 147 Å². The molecule has 4 atom stereocenters. The second-order valence-electron chi connectivity index (χ2n) is 14.8. The number of benzene rings is 2. The topological polar surface area (TPSA) is 177 Å². The minimum absolute atomic E-state index is 0.0924. The Bertz CT molecular complexity index is 1360. The van der Waals surface area contributed by atoms with Gasteiger partial charge in [0.2, 0.25) is 17.7 Å². The predicted octanol–water partition coefficient (Wildman–Crippen LogP) is 7.81. The highest BCUT2D eigenvalue weighted by Gasteiger charge is 2.34. The summed E-state index contributed by atoms with van der Waals surface area (Å²) in [4.78, 5) is 41.1. The summed E-state index contributed by atoms with van der Waals surface area (Å²) in [6.07, 6.45) is 18.3. The van der Waals surface area contributed by atoms with Crippen molar-refractivity contribution in [3.05, 3.63) is 59.7 Å². The Balaban J connectivity index is 0.000000428. The molecule has 2 heterocycles. The van der Waals surface area contributed by atoms with Gasteiger partial charge in [0.05, 0.1) is 5.34 Å². The number of rotatable bonds is 21. The molecule has 3 amide bonds. The van der Waals surface area contributed by atoms with Crippen molar-refractivity contribution in [2.75, 3.05) is 31.5 Å². The van der Waals surface area contributed by atoms with E-state index in [2.05, 4.69) is 12.2 Å². The lowest BCUT2D eigenvalue weighted by atomic mass is 10.00. The van der Waals surface area contributed by atoms with E-state index in [9.17, 15) is 34.8 Å². The second-order valence-corrected chi connectivity index (χ2v) is 15.6. The summed E-state index contributed by atoms with van der Waals surface area (Å²) in [5, 5.41) is 42.6. The predicted molar refractivity (Wildman–Crippen MR) is 225 cm³/mol. The van der Waals surface area contributed by atoms with Crippen molar-refractivity contribution >= 4 is 40.9 Å². The van der Waals surface area contributed by atoms with Gasteiger partial charge >= 0.3 is 0 Å². The number of carbonyl (C=O) groups excluding carboxylic acids is 3. The average Bonchev–Trinajstić information content (AvgIpc) is 3.95. The third-order valence-electron chi connectivity index (χ3n) is 10.3. The Morgan fingerprint density at radius 1 is 0.625 bits per heavy atom. The number of nitrogens with two attached hydrogens (primary N) is 1. The molecule has 0 aromatic heterocycles. The first-order chi connectivity index (χ1) is 27.0. The molecule has 0 bridgehead atoms. The maximum Gasteiger partial charge on any atom is 0.248 e. The molecule has 0 radical (unpaired) electrons. The molecule has 2 aliphatic rings. The lowest BCUT2D eigenvalue weighted by molar-refractivity contribution is -0.139. The van der Waals surface area contributed by atoms with Gasteiger partial charge in [-0.1, -0.05) is 108 Å². The number of alkyl halides is 2. The van der Waals surface area contributed by atoms with E-state index in [1.165, 1.54) is 88.5 Å². The molecule has 56 heavy (non-hydrogen) atoms. The van der Waals surface area contributed by atoms with E-state index in [4.69, 9.17) is 28.9 Å². The molecule has 0 saturated carbocycles. The normalized spacial score (nSPS) is 15.8. The Labute approximate surface area is 344 Å². The number of nitrogens with one attached hydrogen (secondary N) is 1. The molecule has 11 nitrogen and oxygen atoms in total. The van der Waals surface area contributed by atoms with E-state index in [0.29, 0.717) is 30.6 Å². The summed E-state index contributed by atoms with van der Waals surface area (Å²) < 4.78 is 0. The van der Waals surface area contributed by atoms with E-state index in [1.54, 1.807) is 34.1 Å². The SMILES string of the molecule is CCCCCCCCCCCCCCCC(=O)N[C@H](C(=O)N1CCCC1)[C@H](O)c1ccc(O)cc1.ClCCl.N[C@H](C(=O)N1CCCC1)[C@H](O)c1ccc(O)cc1. The number of phenolic OH excluding ortho intramolecular Hbond substituents is 2. The smallest absolute Gasteiger partial charge is 0.248 e. The number of phenols is 2. The summed E-state index contributed by atoms with van der Waals surface area (Å²) in [7, 11) is 0. The van der Waals surface area contributed by atoms with Gasteiger partial charge in [0.1, 0.15) is 35.8 Å². The largest absolute Gasteiger partial charge is 0.508 e. The van der Waals surface area contributed by atoms with Crippen LogP contribution in [-0.4, -0.2) is 91.5 Å². The van der Waals surface area contributed by atoms with Gasteiger partial charge in [-0.2, -0.15) is 0 Å². The number of aliphatic hydroxyl groups excluding tert-OH is 2. The summed E-state index contributed by atoms with van der Waals surface area (Å²) in [5.41, 5.74) is 6.84. The molecule has 0 aliphatic carbocycles. The molecule has 2 saturated heterocycles. The quantitative estimate of drug-likeness (QED) is 0.0546. The average molecular weight is 824 g/mol. The minimum atomic E-state index is -1.15. The van der Waals surface area contributed by atoms with E-state index >= 15 is 0 Å². The van der Waals surface area contributed by atoms with Crippen molar-refractivity contribution in [3.8, 4) is 11.5 Å². The first-order valence-electron chi connectivity index (χ1n) is 20.7. The molecule has 7 N–H and O–H groups in total. The zero-order valence-corrected chi connectivity index (χ0v) is 34.9. The van der Waals surface area contributed by atoms with Gasteiger partial charge in [-0.25, -0.2) is 0 Å². The van der Waals surface area contributed by atoms with E-state index in [1.807, 2.05) is 0 Å². The third kappa shape index (κ3) is 18.9. The third-order valence-corrected chi connectivity index (χ3v) is 10.3. The molecule has 2 aliphatic heterocycles. The van der Waals surface area contributed by atoms with Gasteiger partial charge < -0.3 is 41.3 Å². The standard InChI is InChI=1S/C29H48N2O4.C13H18N2O3.CH2Cl2/c1-2-3-4-5-6-7-8-9-10-11-12-13-14-17-26(33)30-27(29(35)31-22-15-16-23-31)28(34)24-18-20-25(32)21-19-24;14-11(13(18)15-7-1-2-8-15)12(17)9-3-5-10(16)6-4-9;2-1-3/h18-21,27-28,32,34H,2-17,22-23H2,1H3,(H,30,33);3-6,11-12,16-17H,1-2,7-8,14H2;1H2/t27-,28+;11-,12+;/m00./s1.